The Bertz CT molecular complexity index is 766. The minimum atomic E-state index is -3.85. The maximum Gasteiger partial charge on any atom is 0.261 e. The van der Waals surface area contributed by atoms with E-state index in [0.29, 0.717) is 0 Å². The van der Waals surface area contributed by atoms with Gasteiger partial charge in [0.15, 0.2) is 0 Å². The standard InChI is InChI=1S/C12H9Cl2FN2O2S/c13-9-3-2-8(6-10(9)14)20(18,19)17-7-1-4-11(15)12(16)5-7/h1-6,17H,16H2. The molecule has 0 unspecified atom stereocenters. The van der Waals surface area contributed by atoms with Crippen LogP contribution in [0.15, 0.2) is 41.3 Å². The van der Waals surface area contributed by atoms with Gasteiger partial charge in [-0.2, -0.15) is 0 Å². The molecule has 0 saturated carbocycles. The van der Waals surface area contributed by atoms with Crippen molar-refractivity contribution in [3.8, 4) is 0 Å². The lowest BCUT2D eigenvalue weighted by Crippen LogP contribution is -2.13. The molecule has 0 aliphatic heterocycles. The first-order chi connectivity index (χ1) is 9.29. The largest absolute Gasteiger partial charge is 0.396 e. The summed E-state index contributed by atoms with van der Waals surface area (Å²) in [6.07, 6.45) is 0. The number of anilines is 2. The highest BCUT2D eigenvalue weighted by molar-refractivity contribution is 7.92. The van der Waals surface area contributed by atoms with Crippen molar-refractivity contribution in [2.24, 2.45) is 0 Å². The van der Waals surface area contributed by atoms with Crippen LogP contribution in [0.25, 0.3) is 0 Å². The van der Waals surface area contributed by atoms with Gasteiger partial charge in [-0.05, 0) is 36.4 Å². The summed E-state index contributed by atoms with van der Waals surface area (Å²) >= 11 is 11.5. The lowest BCUT2D eigenvalue weighted by Gasteiger charge is -2.09. The summed E-state index contributed by atoms with van der Waals surface area (Å²) in [4.78, 5) is -0.0604. The molecule has 0 aliphatic rings. The molecule has 0 atom stereocenters. The van der Waals surface area contributed by atoms with Gasteiger partial charge in [0.25, 0.3) is 10.0 Å². The van der Waals surface area contributed by atoms with Gasteiger partial charge >= 0.3 is 0 Å². The van der Waals surface area contributed by atoms with Crippen molar-refractivity contribution in [2.45, 2.75) is 4.90 Å². The quantitative estimate of drug-likeness (QED) is 0.843. The van der Waals surface area contributed by atoms with E-state index in [1.165, 1.54) is 30.3 Å². The number of halogens is 3. The van der Waals surface area contributed by atoms with E-state index in [4.69, 9.17) is 28.9 Å². The number of hydrogen-bond acceptors (Lipinski definition) is 3. The number of nitrogens with two attached hydrogens (primary N) is 1. The highest BCUT2D eigenvalue weighted by Crippen LogP contribution is 2.26. The minimum absolute atomic E-state index is 0.0604. The first-order valence-electron chi connectivity index (χ1n) is 5.32. The molecular formula is C12H9Cl2FN2O2S. The van der Waals surface area contributed by atoms with Gasteiger partial charge in [0.05, 0.1) is 26.3 Å². The van der Waals surface area contributed by atoms with E-state index in [1.54, 1.807) is 0 Å². The molecule has 0 fully saturated rings. The number of nitrogens with one attached hydrogen (secondary N) is 1. The number of nitrogen functional groups attached to an aromatic ring is 1. The van der Waals surface area contributed by atoms with Gasteiger partial charge < -0.3 is 5.73 Å². The third kappa shape index (κ3) is 3.15. The van der Waals surface area contributed by atoms with Crippen molar-refractivity contribution in [1.82, 2.24) is 0 Å². The molecule has 2 aromatic carbocycles. The third-order valence-electron chi connectivity index (χ3n) is 2.45. The molecule has 0 amide bonds. The third-order valence-corrected chi connectivity index (χ3v) is 4.57. The van der Waals surface area contributed by atoms with Gasteiger partial charge in [-0.1, -0.05) is 23.2 Å². The lowest BCUT2D eigenvalue weighted by molar-refractivity contribution is 0.601. The predicted molar refractivity (Wildman–Crippen MR) is 78.1 cm³/mol. The van der Waals surface area contributed by atoms with Crippen LogP contribution in [0.1, 0.15) is 0 Å². The van der Waals surface area contributed by atoms with E-state index in [0.717, 1.165) is 6.07 Å². The maximum absolute atomic E-state index is 13.0. The minimum Gasteiger partial charge on any atom is -0.396 e. The Balaban J connectivity index is 2.35. The second kappa shape index (κ2) is 5.47. The van der Waals surface area contributed by atoms with E-state index in [1.807, 2.05) is 0 Å². The van der Waals surface area contributed by atoms with Crippen molar-refractivity contribution in [1.29, 1.82) is 0 Å². The normalized spacial score (nSPS) is 11.3. The van der Waals surface area contributed by atoms with Gasteiger partial charge in [0, 0.05) is 0 Å². The van der Waals surface area contributed by atoms with Crippen molar-refractivity contribution < 1.29 is 12.8 Å². The zero-order valence-corrected chi connectivity index (χ0v) is 12.2. The summed E-state index contributed by atoms with van der Waals surface area (Å²) in [7, 11) is -3.85. The summed E-state index contributed by atoms with van der Waals surface area (Å²) < 4.78 is 39.5. The first-order valence-corrected chi connectivity index (χ1v) is 7.56. The van der Waals surface area contributed by atoms with Crippen LogP contribution in [0.3, 0.4) is 0 Å². The zero-order valence-electron chi connectivity index (χ0n) is 9.90. The Hall–Kier alpha value is -1.50. The van der Waals surface area contributed by atoms with Gasteiger partial charge in [0.2, 0.25) is 0 Å². The molecule has 2 aromatic rings. The molecule has 8 heteroatoms. The topological polar surface area (TPSA) is 72.2 Å². The molecule has 0 radical (unpaired) electrons. The molecule has 20 heavy (non-hydrogen) atoms. The summed E-state index contributed by atoms with van der Waals surface area (Å²) in [5.74, 6) is -0.623. The molecule has 0 aromatic heterocycles. The second-order valence-corrected chi connectivity index (χ2v) is 6.41. The molecule has 0 spiro atoms. The highest BCUT2D eigenvalue weighted by Gasteiger charge is 2.16. The fourth-order valence-corrected chi connectivity index (χ4v) is 2.90. The monoisotopic (exact) mass is 334 g/mol. The smallest absolute Gasteiger partial charge is 0.261 e. The average molecular weight is 335 g/mol. The summed E-state index contributed by atoms with van der Waals surface area (Å²) in [6, 6.07) is 7.42. The zero-order chi connectivity index (χ0) is 14.9. The number of hydrogen-bond donors (Lipinski definition) is 2. The Morgan fingerprint density at radius 1 is 1.05 bits per heavy atom. The van der Waals surface area contributed by atoms with Crippen LogP contribution >= 0.6 is 23.2 Å². The summed E-state index contributed by atoms with van der Waals surface area (Å²) in [5.41, 5.74) is 5.37. The van der Waals surface area contributed by atoms with Crippen LogP contribution in [0.2, 0.25) is 10.0 Å². The van der Waals surface area contributed by atoms with Crippen molar-refractivity contribution in [3.63, 3.8) is 0 Å². The first kappa shape index (κ1) is 14.9. The van der Waals surface area contributed by atoms with Crippen molar-refractivity contribution in [2.75, 3.05) is 10.5 Å². The molecule has 2 rings (SSSR count). The predicted octanol–water partition coefficient (Wildman–Crippen LogP) is 3.52. The average Bonchev–Trinajstić information content (AvgIpc) is 2.37. The highest BCUT2D eigenvalue weighted by atomic mass is 35.5. The SMILES string of the molecule is Nc1cc(NS(=O)(=O)c2ccc(Cl)c(Cl)c2)ccc1F. The van der Waals surface area contributed by atoms with Gasteiger partial charge in [-0.25, -0.2) is 12.8 Å². The number of rotatable bonds is 3. The van der Waals surface area contributed by atoms with Gasteiger partial charge in [-0.15, -0.1) is 0 Å². The summed E-state index contributed by atoms with van der Waals surface area (Å²) in [6.45, 7) is 0. The van der Waals surface area contributed by atoms with E-state index in [2.05, 4.69) is 4.72 Å². The van der Waals surface area contributed by atoms with Crippen LogP contribution in [0, 0.1) is 5.82 Å². The maximum atomic E-state index is 13.0. The van der Waals surface area contributed by atoms with Crippen LogP contribution in [0.5, 0.6) is 0 Å². The summed E-state index contributed by atoms with van der Waals surface area (Å²) in [5, 5.41) is 0.366. The number of benzene rings is 2. The fraction of sp³-hybridized carbons (Fsp3) is 0. The molecule has 4 nitrogen and oxygen atoms in total. The van der Waals surface area contributed by atoms with E-state index < -0.39 is 15.8 Å². The molecule has 0 bridgehead atoms. The molecule has 0 heterocycles. The Morgan fingerprint density at radius 3 is 2.35 bits per heavy atom. The van der Waals surface area contributed by atoms with Crippen LogP contribution in [0.4, 0.5) is 15.8 Å². The van der Waals surface area contributed by atoms with E-state index in [-0.39, 0.29) is 26.3 Å². The Kier molecular flexibility index (Phi) is 4.08. The molecule has 0 saturated heterocycles. The molecule has 3 N–H and O–H groups in total. The Labute approximate surface area is 125 Å². The van der Waals surface area contributed by atoms with Crippen LogP contribution in [-0.2, 0) is 10.0 Å². The van der Waals surface area contributed by atoms with Crippen LogP contribution in [-0.4, -0.2) is 8.42 Å². The van der Waals surface area contributed by atoms with Crippen molar-refractivity contribution >= 4 is 44.6 Å². The van der Waals surface area contributed by atoms with Gasteiger partial charge in [0.1, 0.15) is 5.82 Å². The van der Waals surface area contributed by atoms with E-state index >= 15 is 0 Å². The van der Waals surface area contributed by atoms with Crippen molar-refractivity contribution in [3.05, 3.63) is 52.3 Å². The second-order valence-electron chi connectivity index (χ2n) is 3.92. The molecule has 106 valence electrons. The number of sulfonamides is 1. The van der Waals surface area contributed by atoms with Gasteiger partial charge in [-0.3, -0.25) is 4.72 Å². The van der Waals surface area contributed by atoms with E-state index in [9.17, 15) is 12.8 Å². The Morgan fingerprint density at radius 2 is 1.75 bits per heavy atom. The fourth-order valence-electron chi connectivity index (χ4n) is 1.47. The molecular weight excluding hydrogens is 326 g/mol. The lowest BCUT2D eigenvalue weighted by atomic mass is 10.3. The van der Waals surface area contributed by atoms with Crippen LogP contribution < -0.4 is 10.5 Å². The molecule has 0 aliphatic carbocycles.